The number of carbonyl (C=O) groups excluding carboxylic acids is 1. The summed E-state index contributed by atoms with van der Waals surface area (Å²) in [5.41, 5.74) is 0.846. The van der Waals surface area contributed by atoms with Crippen molar-refractivity contribution >= 4 is 24.0 Å². The number of rotatable bonds is 5. The molecule has 1 amide bonds. The van der Waals surface area contributed by atoms with Crippen LogP contribution < -0.4 is 10.1 Å². The van der Waals surface area contributed by atoms with E-state index >= 15 is 0 Å². The molecule has 134 valence electrons. The Balaban J connectivity index is 0.00000208. The Hall–Kier alpha value is -1.26. The molecule has 1 saturated carbocycles. The Morgan fingerprint density at radius 2 is 1.92 bits per heavy atom. The predicted molar refractivity (Wildman–Crippen MR) is 100 cm³/mol. The third-order valence-electron chi connectivity index (χ3n) is 5.03. The van der Waals surface area contributed by atoms with E-state index in [1.54, 1.807) is 0 Å². The zero-order valence-corrected chi connectivity index (χ0v) is 15.3. The van der Waals surface area contributed by atoms with Crippen LogP contribution in [0.2, 0.25) is 0 Å². The van der Waals surface area contributed by atoms with Crippen LogP contribution in [0.25, 0.3) is 0 Å². The second-order valence-corrected chi connectivity index (χ2v) is 7.05. The van der Waals surface area contributed by atoms with Crippen LogP contribution >= 0.6 is 12.4 Å². The summed E-state index contributed by atoms with van der Waals surface area (Å²) in [6.07, 6.45) is 8.02. The molecule has 1 saturated heterocycles. The number of likely N-dealkylation sites (tertiary alicyclic amines) is 1. The minimum atomic E-state index is 0. The van der Waals surface area contributed by atoms with E-state index in [0.29, 0.717) is 12.3 Å². The lowest BCUT2D eigenvalue weighted by atomic mass is 10.0. The van der Waals surface area contributed by atoms with Crippen LogP contribution in [0.1, 0.15) is 44.9 Å². The fourth-order valence-corrected chi connectivity index (χ4v) is 3.63. The van der Waals surface area contributed by atoms with Gasteiger partial charge in [0.25, 0.3) is 0 Å². The molecule has 0 unspecified atom stereocenters. The highest BCUT2D eigenvalue weighted by Gasteiger charge is 2.19. The first-order valence-corrected chi connectivity index (χ1v) is 8.94. The van der Waals surface area contributed by atoms with E-state index in [4.69, 9.17) is 4.74 Å². The molecule has 1 aromatic rings. The van der Waals surface area contributed by atoms with Gasteiger partial charge in [-0.2, -0.15) is 0 Å². The van der Waals surface area contributed by atoms with Crippen molar-refractivity contribution in [1.82, 2.24) is 4.90 Å². The van der Waals surface area contributed by atoms with Gasteiger partial charge in [0.15, 0.2) is 0 Å². The van der Waals surface area contributed by atoms with Gasteiger partial charge >= 0.3 is 0 Å². The van der Waals surface area contributed by atoms with E-state index in [1.165, 1.54) is 25.7 Å². The number of hydrogen-bond donors (Lipinski definition) is 1. The molecule has 2 aliphatic rings. The second kappa shape index (κ2) is 9.28. The first-order chi connectivity index (χ1) is 11.2. The largest absolute Gasteiger partial charge is 0.490 e. The highest BCUT2D eigenvalue weighted by molar-refractivity contribution is 5.91. The summed E-state index contributed by atoms with van der Waals surface area (Å²) in [5.74, 6) is 1.57. The minimum Gasteiger partial charge on any atom is -0.490 e. The summed E-state index contributed by atoms with van der Waals surface area (Å²) < 4.78 is 6.08. The van der Waals surface area contributed by atoms with Crippen LogP contribution in [0.3, 0.4) is 0 Å². The van der Waals surface area contributed by atoms with Crippen molar-refractivity contribution in [3.05, 3.63) is 24.3 Å². The molecule has 0 atom stereocenters. The molecule has 24 heavy (non-hydrogen) atoms. The highest BCUT2D eigenvalue weighted by atomic mass is 35.5. The number of nitrogens with one attached hydrogen (secondary N) is 1. The Morgan fingerprint density at radius 1 is 1.21 bits per heavy atom. The molecular formula is C19H29ClN2O2. The van der Waals surface area contributed by atoms with Crippen molar-refractivity contribution in [2.45, 2.75) is 51.0 Å². The highest BCUT2D eigenvalue weighted by Crippen LogP contribution is 2.28. The van der Waals surface area contributed by atoms with E-state index < -0.39 is 0 Å². The van der Waals surface area contributed by atoms with Crippen LogP contribution in [-0.4, -0.2) is 37.0 Å². The maximum Gasteiger partial charge on any atom is 0.224 e. The van der Waals surface area contributed by atoms with Gasteiger partial charge in [-0.05, 0) is 50.8 Å². The number of piperidine rings is 1. The summed E-state index contributed by atoms with van der Waals surface area (Å²) >= 11 is 0. The average molecular weight is 353 g/mol. The average Bonchev–Trinajstić information content (AvgIpc) is 3.03. The summed E-state index contributed by atoms with van der Waals surface area (Å²) in [4.78, 5) is 14.5. The van der Waals surface area contributed by atoms with Gasteiger partial charge in [-0.1, -0.05) is 18.9 Å². The molecule has 1 N–H and O–H groups in total. The standard InChI is InChI=1S/C19H28N2O2.ClH/c1-21-11-9-17(10-12-21)23-18-8-4-7-16(14-18)20-19(22)13-15-5-2-3-6-15;/h4,7-8,14-15,17H,2-3,5-6,9-13H2,1H3,(H,20,22);1H. The summed E-state index contributed by atoms with van der Waals surface area (Å²) in [7, 11) is 2.15. The number of carbonyl (C=O) groups is 1. The molecule has 1 aromatic carbocycles. The molecule has 0 aromatic heterocycles. The molecule has 2 fully saturated rings. The zero-order chi connectivity index (χ0) is 16.1. The van der Waals surface area contributed by atoms with Gasteiger partial charge in [0.05, 0.1) is 0 Å². The van der Waals surface area contributed by atoms with Gasteiger partial charge in [0.2, 0.25) is 5.91 Å². The number of nitrogens with zero attached hydrogens (tertiary/aromatic N) is 1. The predicted octanol–water partition coefficient (Wildman–Crippen LogP) is 4.10. The van der Waals surface area contributed by atoms with Crippen molar-refractivity contribution in [1.29, 1.82) is 0 Å². The van der Waals surface area contributed by atoms with E-state index in [-0.39, 0.29) is 24.4 Å². The number of benzene rings is 1. The quantitative estimate of drug-likeness (QED) is 0.867. The Labute approximate surface area is 151 Å². The second-order valence-electron chi connectivity index (χ2n) is 7.05. The lowest BCUT2D eigenvalue weighted by molar-refractivity contribution is -0.117. The molecule has 0 bridgehead atoms. The van der Waals surface area contributed by atoms with Crippen molar-refractivity contribution in [2.24, 2.45) is 5.92 Å². The normalized spacial score (nSPS) is 19.7. The van der Waals surface area contributed by atoms with Crippen molar-refractivity contribution in [3.63, 3.8) is 0 Å². The first kappa shape index (κ1) is 19.1. The first-order valence-electron chi connectivity index (χ1n) is 8.94. The number of anilines is 1. The molecule has 0 radical (unpaired) electrons. The van der Waals surface area contributed by atoms with E-state index in [1.807, 2.05) is 24.3 Å². The molecule has 1 heterocycles. The maximum atomic E-state index is 12.1. The summed E-state index contributed by atoms with van der Waals surface area (Å²) in [5, 5.41) is 3.03. The molecule has 4 nitrogen and oxygen atoms in total. The number of hydrogen-bond acceptors (Lipinski definition) is 3. The number of ether oxygens (including phenoxy) is 1. The monoisotopic (exact) mass is 352 g/mol. The smallest absolute Gasteiger partial charge is 0.224 e. The SMILES string of the molecule is CN1CCC(Oc2cccc(NC(=O)CC3CCCC3)c2)CC1.Cl. The topological polar surface area (TPSA) is 41.6 Å². The Morgan fingerprint density at radius 3 is 2.62 bits per heavy atom. The van der Waals surface area contributed by atoms with Gasteiger partial charge in [-0.3, -0.25) is 4.79 Å². The van der Waals surface area contributed by atoms with Gasteiger partial charge in [0.1, 0.15) is 11.9 Å². The van der Waals surface area contributed by atoms with E-state index in [9.17, 15) is 4.79 Å². The van der Waals surface area contributed by atoms with Crippen LogP contribution in [0.5, 0.6) is 5.75 Å². The van der Waals surface area contributed by atoms with Gasteiger partial charge in [0, 0.05) is 31.3 Å². The molecule has 5 heteroatoms. The summed E-state index contributed by atoms with van der Waals surface area (Å²) in [6.45, 7) is 2.17. The maximum absolute atomic E-state index is 12.1. The minimum absolute atomic E-state index is 0. The number of halogens is 1. The molecule has 0 spiro atoms. The molecule has 3 rings (SSSR count). The van der Waals surface area contributed by atoms with Crippen LogP contribution in [0, 0.1) is 5.92 Å². The van der Waals surface area contributed by atoms with Crippen LogP contribution in [-0.2, 0) is 4.79 Å². The van der Waals surface area contributed by atoms with Gasteiger partial charge < -0.3 is 15.0 Å². The molecule has 1 aliphatic heterocycles. The van der Waals surface area contributed by atoms with Gasteiger partial charge in [-0.15, -0.1) is 12.4 Å². The Bertz CT molecular complexity index is 524. The summed E-state index contributed by atoms with van der Waals surface area (Å²) in [6, 6.07) is 7.82. The van der Waals surface area contributed by atoms with Gasteiger partial charge in [-0.25, -0.2) is 0 Å². The van der Waals surface area contributed by atoms with E-state index in [0.717, 1.165) is 37.4 Å². The van der Waals surface area contributed by atoms with Crippen LogP contribution in [0.15, 0.2) is 24.3 Å². The van der Waals surface area contributed by atoms with E-state index in [2.05, 4.69) is 17.3 Å². The fraction of sp³-hybridized carbons (Fsp3) is 0.632. The van der Waals surface area contributed by atoms with Crippen molar-refractivity contribution in [3.8, 4) is 5.75 Å². The zero-order valence-electron chi connectivity index (χ0n) is 14.5. The molecular weight excluding hydrogens is 324 g/mol. The molecule has 1 aliphatic carbocycles. The van der Waals surface area contributed by atoms with Crippen LogP contribution in [0.4, 0.5) is 5.69 Å². The van der Waals surface area contributed by atoms with Crippen molar-refractivity contribution in [2.75, 3.05) is 25.5 Å². The third kappa shape index (κ3) is 5.67. The van der Waals surface area contributed by atoms with Crippen molar-refractivity contribution < 1.29 is 9.53 Å². The lowest BCUT2D eigenvalue weighted by Gasteiger charge is -2.29. The third-order valence-corrected chi connectivity index (χ3v) is 5.03. The fourth-order valence-electron chi connectivity index (χ4n) is 3.63. The lowest BCUT2D eigenvalue weighted by Crippen LogP contribution is -2.35. The number of amides is 1. The Kier molecular flexibility index (Phi) is 7.38.